The highest BCUT2D eigenvalue weighted by molar-refractivity contribution is 5.70. The molecule has 1 amide bonds. The highest BCUT2D eigenvalue weighted by atomic mass is 19.1. The number of rotatable bonds is 4. The Kier molecular flexibility index (Phi) is 5.30. The van der Waals surface area contributed by atoms with Crippen LogP contribution in [0.4, 0.5) is 9.18 Å². The molecule has 1 aliphatic heterocycles. The minimum Gasteiger partial charge on any atom is -0.493 e. The van der Waals surface area contributed by atoms with E-state index in [1.807, 2.05) is 12.1 Å². The maximum absolute atomic E-state index is 13.4. The van der Waals surface area contributed by atoms with Crippen LogP contribution in [0.25, 0.3) is 0 Å². The second-order valence-electron chi connectivity index (χ2n) is 6.00. The summed E-state index contributed by atoms with van der Waals surface area (Å²) >= 11 is 0. The Labute approximate surface area is 152 Å². The maximum atomic E-state index is 13.4. The van der Waals surface area contributed by atoms with Gasteiger partial charge in [0, 0.05) is 6.54 Å². The number of ether oxygens (including phenoxy) is 3. The van der Waals surface area contributed by atoms with E-state index >= 15 is 0 Å². The molecule has 26 heavy (non-hydrogen) atoms. The molecular weight excluding hydrogens is 337 g/mol. The SMILES string of the molecule is CCOC(=O)N1CCc2cc(OC)c(OC)cc2C1c1ccc(F)cc1. The van der Waals surface area contributed by atoms with Crippen molar-refractivity contribution in [2.75, 3.05) is 27.4 Å². The average Bonchev–Trinajstić information content (AvgIpc) is 2.66. The number of carbonyl (C=O) groups is 1. The summed E-state index contributed by atoms with van der Waals surface area (Å²) in [4.78, 5) is 14.2. The number of fused-ring (bicyclic) bond motifs is 1. The minimum absolute atomic E-state index is 0.296. The number of benzene rings is 2. The van der Waals surface area contributed by atoms with Crippen molar-refractivity contribution < 1.29 is 23.4 Å². The summed E-state index contributed by atoms with van der Waals surface area (Å²) in [5, 5.41) is 0. The van der Waals surface area contributed by atoms with Crippen molar-refractivity contribution in [2.45, 2.75) is 19.4 Å². The third kappa shape index (κ3) is 3.31. The fraction of sp³-hybridized carbons (Fsp3) is 0.350. The smallest absolute Gasteiger partial charge is 0.410 e. The van der Waals surface area contributed by atoms with Crippen molar-refractivity contribution in [3.8, 4) is 11.5 Å². The predicted octanol–water partition coefficient (Wildman–Crippen LogP) is 3.95. The molecular formula is C20H22FNO4. The van der Waals surface area contributed by atoms with Crippen LogP contribution in [-0.4, -0.2) is 38.4 Å². The second kappa shape index (κ2) is 7.64. The average molecular weight is 359 g/mol. The minimum atomic E-state index is -0.387. The summed E-state index contributed by atoms with van der Waals surface area (Å²) in [6, 6.07) is 9.62. The summed E-state index contributed by atoms with van der Waals surface area (Å²) < 4.78 is 29.5. The van der Waals surface area contributed by atoms with E-state index in [9.17, 15) is 9.18 Å². The van der Waals surface area contributed by atoms with Crippen LogP contribution < -0.4 is 9.47 Å². The fourth-order valence-electron chi connectivity index (χ4n) is 3.35. The van der Waals surface area contributed by atoms with E-state index in [0.717, 1.165) is 16.7 Å². The topological polar surface area (TPSA) is 48.0 Å². The first-order valence-electron chi connectivity index (χ1n) is 8.52. The molecule has 2 aromatic carbocycles. The number of nitrogens with zero attached hydrogens (tertiary/aromatic N) is 1. The zero-order chi connectivity index (χ0) is 18.7. The first kappa shape index (κ1) is 18.0. The standard InChI is InChI=1S/C20H22FNO4/c1-4-26-20(23)22-10-9-14-11-17(24-2)18(25-3)12-16(14)19(22)13-5-7-15(21)8-6-13/h5-8,11-12,19H,4,9-10H2,1-3H3. The molecule has 6 heteroatoms. The van der Waals surface area contributed by atoms with Crippen LogP contribution in [0.2, 0.25) is 0 Å². The monoisotopic (exact) mass is 359 g/mol. The lowest BCUT2D eigenvalue weighted by Gasteiger charge is -2.37. The number of hydrogen-bond acceptors (Lipinski definition) is 4. The molecule has 0 radical (unpaired) electrons. The zero-order valence-electron chi connectivity index (χ0n) is 15.1. The van der Waals surface area contributed by atoms with Gasteiger partial charge in [0.1, 0.15) is 5.82 Å². The van der Waals surface area contributed by atoms with Gasteiger partial charge in [0.25, 0.3) is 0 Å². The lowest BCUT2D eigenvalue weighted by atomic mass is 9.88. The molecule has 0 saturated heterocycles. The van der Waals surface area contributed by atoms with Gasteiger partial charge in [-0.05, 0) is 54.3 Å². The molecule has 0 aromatic heterocycles. The third-order valence-electron chi connectivity index (χ3n) is 4.56. The summed E-state index contributed by atoms with van der Waals surface area (Å²) in [5.74, 6) is 0.914. The second-order valence-corrected chi connectivity index (χ2v) is 6.00. The van der Waals surface area contributed by atoms with Crippen LogP contribution in [0.5, 0.6) is 11.5 Å². The Morgan fingerprint density at radius 2 is 1.81 bits per heavy atom. The Morgan fingerprint density at radius 1 is 1.15 bits per heavy atom. The molecule has 0 aliphatic carbocycles. The zero-order valence-corrected chi connectivity index (χ0v) is 15.1. The molecule has 1 unspecified atom stereocenters. The highest BCUT2D eigenvalue weighted by Gasteiger charge is 2.34. The Morgan fingerprint density at radius 3 is 2.42 bits per heavy atom. The first-order valence-corrected chi connectivity index (χ1v) is 8.52. The van der Waals surface area contributed by atoms with Gasteiger partial charge in [-0.25, -0.2) is 9.18 Å². The van der Waals surface area contributed by atoms with E-state index in [-0.39, 0.29) is 18.0 Å². The van der Waals surface area contributed by atoms with Crippen molar-refractivity contribution in [1.82, 2.24) is 4.90 Å². The van der Waals surface area contributed by atoms with Crippen molar-refractivity contribution in [3.63, 3.8) is 0 Å². The number of methoxy groups -OCH3 is 2. The number of hydrogen-bond donors (Lipinski definition) is 0. The van der Waals surface area contributed by atoms with Crippen LogP contribution in [-0.2, 0) is 11.2 Å². The van der Waals surface area contributed by atoms with Gasteiger partial charge in [-0.15, -0.1) is 0 Å². The maximum Gasteiger partial charge on any atom is 0.410 e. The summed E-state index contributed by atoms with van der Waals surface area (Å²) in [6.07, 6.45) is 0.286. The van der Waals surface area contributed by atoms with E-state index in [1.165, 1.54) is 12.1 Å². The molecule has 1 heterocycles. The molecule has 1 atom stereocenters. The molecule has 138 valence electrons. The Hall–Kier alpha value is -2.76. The van der Waals surface area contributed by atoms with Gasteiger partial charge in [-0.1, -0.05) is 12.1 Å². The molecule has 3 rings (SSSR count). The lowest BCUT2D eigenvalue weighted by molar-refractivity contribution is 0.0936. The van der Waals surface area contributed by atoms with Crippen molar-refractivity contribution in [1.29, 1.82) is 0 Å². The summed E-state index contributed by atoms with van der Waals surface area (Å²) in [7, 11) is 3.17. The van der Waals surface area contributed by atoms with Crippen LogP contribution in [0.1, 0.15) is 29.7 Å². The largest absolute Gasteiger partial charge is 0.493 e. The van der Waals surface area contributed by atoms with Gasteiger partial charge in [-0.2, -0.15) is 0 Å². The predicted molar refractivity (Wildman–Crippen MR) is 95.2 cm³/mol. The molecule has 0 fully saturated rings. The van der Waals surface area contributed by atoms with Gasteiger partial charge in [-0.3, -0.25) is 4.90 Å². The molecule has 5 nitrogen and oxygen atoms in total. The van der Waals surface area contributed by atoms with Gasteiger partial charge in [0.15, 0.2) is 11.5 Å². The van der Waals surface area contributed by atoms with E-state index in [1.54, 1.807) is 38.2 Å². The van der Waals surface area contributed by atoms with E-state index in [2.05, 4.69) is 0 Å². The van der Waals surface area contributed by atoms with Gasteiger partial charge >= 0.3 is 6.09 Å². The Bertz CT molecular complexity index is 791. The molecule has 1 aliphatic rings. The normalized spacial score (nSPS) is 16.0. The van der Waals surface area contributed by atoms with Crippen molar-refractivity contribution in [2.24, 2.45) is 0 Å². The quantitative estimate of drug-likeness (QED) is 0.829. The van der Waals surface area contributed by atoms with Crippen molar-refractivity contribution in [3.05, 3.63) is 58.9 Å². The highest BCUT2D eigenvalue weighted by Crippen LogP contribution is 2.41. The number of carbonyl (C=O) groups excluding carboxylic acids is 1. The molecule has 0 saturated carbocycles. The van der Waals surface area contributed by atoms with Crippen LogP contribution in [0.15, 0.2) is 36.4 Å². The summed E-state index contributed by atoms with van der Waals surface area (Å²) in [6.45, 7) is 2.57. The number of amides is 1. The summed E-state index contributed by atoms with van der Waals surface area (Å²) in [5.41, 5.74) is 2.80. The van der Waals surface area contributed by atoms with Gasteiger partial charge in [0.05, 0.1) is 26.9 Å². The van der Waals surface area contributed by atoms with E-state index < -0.39 is 0 Å². The Balaban J connectivity index is 2.13. The lowest BCUT2D eigenvalue weighted by Crippen LogP contribution is -2.41. The third-order valence-corrected chi connectivity index (χ3v) is 4.56. The molecule has 0 spiro atoms. The molecule has 0 N–H and O–H groups in total. The van der Waals surface area contributed by atoms with E-state index in [0.29, 0.717) is 31.1 Å². The van der Waals surface area contributed by atoms with Crippen LogP contribution in [0, 0.1) is 5.82 Å². The van der Waals surface area contributed by atoms with Gasteiger partial charge < -0.3 is 14.2 Å². The fourth-order valence-corrected chi connectivity index (χ4v) is 3.35. The van der Waals surface area contributed by atoms with E-state index in [4.69, 9.17) is 14.2 Å². The van der Waals surface area contributed by atoms with Crippen molar-refractivity contribution >= 4 is 6.09 Å². The number of halogens is 1. The van der Waals surface area contributed by atoms with Crippen LogP contribution in [0.3, 0.4) is 0 Å². The van der Waals surface area contributed by atoms with Crippen LogP contribution >= 0.6 is 0 Å². The molecule has 0 bridgehead atoms. The first-order chi connectivity index (χ1) is 12.6. The molecule has 2 aromatic rings. The van der Waals surface area contributed by atoms with Gasteiger partial charge in [0.2, 0.25) is 0 Å².